The molecule has 0 aromatic rings. The lowest BCUT2D eigenvalue weighted by molar-refractivity contribution is -0.139. The summed E-state index contributed by atoms with van der Waals surface area (Å²) in [6.07, 6.45) is 0. The zero-order valence-corrected chi connectivity index (χ0v) is 10.1. The van der Waals surface area contributed by atoms with Crippen molar-refractivity contribution in [3.8, 4) is 0 Å². The third kappa shape index (κ3) is 3.08. The molecule has 2 amide bonds. The van der Waals surface area contributed by atoms with Gasteiger partial charge in [-0.3, -0.25) is 9.59 Å². The minimum absolute atomic E-state index is 0.0154. The van der Waals surface area contributed by atoms with E-state index in [0.29, 0.717) is 26.2 Å². The molecule has 3 N–H and O–H groups in total. The van der Waals surface area contributed by atoms with Crippen LogP contribution in [-0.2, 0) is 9.59 Å². The minimum Gasteiger partial charge on any atom is -0.409 e. The number of carbonyl (C=O) groups excluding carboxylic acids is 2. The second kappa shape index (κ2) is 5.51. The molecule has 1 saturated heterocycles. The molecule has 0 aromatic carbocycles. The van der Waals surface area contributed by atoms with Crippen LogP contribution in [0.5, 0.6) is 0 Å². The van der Waals surface area contributed by atoms with E-state index in [9.17, 15) is 9.59 Å². The highest BCUT2D eigenvalue weighted by Crippen LogP contribution is 2.08. The highest BCUT2D eigenvalue weighted by atomic mass is 16.4. The van der Waals surface area contributed by atoms with Gasteiger partial charge in [0.2, 0.25) is 11.8 Å². The largest absolute Gasteiger partial charge is 0.409 e. The molecule has 7 heteroatoms. The van der Waals surface area contributed by atoms with Crippen LogP contribution >= 0.6 is 0 Å². The highest BCUT2D eigenvalue weighted by molar-refractivity contribution is 6.01. The van der Waals surface area contributed by atoms with E-state index in [1.54, 1.807) is 16.7 Å². The first-order valence-electron chi connectivity index (χ1n) is 5.49. The van der Waals surface area contributed by atoms with Crippen LogP contribution in [0.1, 0.15) is 13.8 Å². The van der Waals surface area contributed by atoms with E-state index in [2.05, 4.69) is 5.16 Å². The number of piperazine rings is 1. The van der Waals surface area contributed by atoms with Crippen molar-refractivity contribution in [3.63, 3.8) is 0 Å². The fourth-order valence-corrected chi connectivity index (χ4v) is 1.73. The van der Waals surface area contributed by atoms with Crippen molar-refractivity contribution in [1.82, 2.24) is 9.80 Å². The Labute approximate surface area is 99.8 Å². The summed E-state index contributed by atoms with van der Waals surface area (Å²) in [5.74, 6) is -0.891. The van der Waals surface area contributed by atoms with Gasteiger partial charge in [0.1, 0.15) is 0 Å². The molecule has 17 heavy (non-hydrogen) atoms. The van der Waals surface area contributed by atoms with Gasteiger partial charge in [-0.15, -0.1) is 0 Å². The second-order valence-electron chi connectivity index (χ2n) is 4.08. The highest BCUT2D eigenvalue weighted by Gasteiger charge is 2.27. The van der Waals surface area contributed by atoms with Crippen LogP contribution < -0.4 is 5.73 Å². The molecule has 7 nitrogen and oxygen atoms in total. The zero-order chi connectivity index (χ0) is 13.0. The lowest BCUT2D eigenvalue weighted by Crippen LogP contribution is -2.52. The number of amides is 2. The standard InChI is InChI=1S/C10H18N4O3/c1-7(9(11)12-17)10(16)14-5-3-13(4-6-14)8(2)15/h7,17H,3-6H2,1-2H3,(H2,11,12). The Morgan fingerprint density at radius 1 is 1.24 bits per heavy atom. The number of nitrogens with two attached hydrogens (primary N) is 1. The van der Waals surface area contributed by atoms with Crippen LogP contribution in [0.3, 0.4) is 0 Å². The molecular weight excluding hydrogens is 224 g/mol. The van der Waals surface area contributed by atoms with E-state index in [4.69, 9.17) is 10.9 Å². The first-order valence-corrected chi connectivity index (χ1v) is 5.49. The first-order chi connectivity index (χ1) is 7.97. The summed E-state index contributed by atoms with van der Waals surface area (Å²) in [5, 5.41) is 11.3. The van der Waals surface area contributed by atoms with Gasteiger partial charge in [0.25, 0.3) is 0 Å². The van der Waals surface area contributed by atoms with E-state index < -0.39 is 5.92 Å². The average Bonchev–Trinajstić information content (AvgIpc) is 2.36. The van der Waals surface area contributed by atoms with Gasteiger partial charge in [-0.05, 0) is 6.92 Å². The van der Waals surface area contributed by atoms with Crippen LogP contribution in [-0.4, -0.2) is 58.8 Å². The number of hydrogen-bond acceptors (Lipinski definition) is 4. The number of nitrogens with zero attached hydrogens (tertiary/aromatic N) is 3. The minimum atomic E-state index is -0.635. The number of carbonyl (C=O) groups is 2. The molecule has 1 atom stereocenters. The quantitative estimate of drug-likeness (QED) is 0.282. The van der Waals surface area contributed by atoms with Gasteiger partial charge in [-0.25, -0.2) is 0 Å². The Bertz CT molecular complexity index is 334. The Kier molecular flexibility index (Phi) is 4.30. The molecule has 0 spiro atoms. The number of rotatable bonds is 2. The predicted octanol–water partition coefficient (Wildman–Crippen LogP) is -0.940. The van der Waals surface area contributed by atoms with Crippen LogP contribution in [0, 0.1) is 5.92 Å². The molecular formula is C10H18N4O3. The van der Waals surface area contributed by atoms with Gasteiger partial charge in [0.05, 0.1) is 5.92 Å². The Morgan fingerprint density at radius 3 is 2.12 bits per heavy atom. The number of hydrogen-bond donors (Lipinski definition) is 2. The third-order valence-corrected chi connectivity index (χ3v) is 2.97. The predicted molar refractivity (Wildman–Crippen MR) is 61.4 cm³/mol. The Hall–Kier alpha value is -1.79. The molecule has 1 aliphatic heterocycles. The molecule has 1 aliphatic rings. The van der Waals surface area contributed by atoms with Gasteiger partial charge in [-0.2, -0.15) is 0 Å². The summed E-state index contributed by atoms with van der Waals surface area (Å²) in [7, 11) is 0. The molecule has 0 aromatic heterocycles. The summed E-state index contributed by atoms with van der Waals surface area (Å²) < 4.78 is 0. The van der Waals surface area contributed by atoms with Gasteiger partial charge in [0.15, 0.2) is 5.84 Å². The van der Waals surface area contributed by atoms with Crippen molar-refractivity contribution in [2.75, 3.05) is 26.2 Å². The summed E-state index contributed by atoms with van der Waals surface area (Å²) in [4.78, 5) is 26.4. The number of oxime groups is 1. The smallest absolute Gasteiger partial charge is 0.233 e. The second-order valence-corrected chi connectivity index (χ2v) is 4.08. The van der Waals surface area contributed by atoms with Crippen LogP contribution in [0.25, 0.3) is 0 Å². The van der Waals surface area contributed by atoms with E-state index >= 15 is 0 Å². The molecule has 0 saturated carbocycles. The fraction of sp³-hybridized carbons (Fsp3) is 0.700. The molecule has 1 unspecified atom stereocenters. The molecule has 1 rings (SSSR count). The van der Waals surface area contributed by atoms with Gasteiger partial charge < -0.3 is 20.7 Å². The van der Waals surface area contributed by atoms with Crippen molar-refractivity contribution in [2.24, 2.45) is 16.8 Å². The van der Waals surface area contributed by atoms with Gasteiger partial charge in [0, 0.05) is 33.1 Å². The third-order valence-electron chi connectivity index (χ3n) is 2.97. The van der Waals surface area contributed by atoms with E-state index in [1.165, 1.54) is 6.92 Å². The summed E-state index contributed by atoms with van der Waals surface area (Å²) in [5.41, 5.74) is 5.39. The van der Waals surface area contributed by atoms with E-state index in [0.717, 1.165) is 0 Å². The van der Waals surface area contributed by atoms with Crippen molar-refractivity contribution >= 4 is 17.6 Å². The fourth-order valence-electron chi connectivity index (χ4n) is 1.73. The van der Waals surface area contributed by atoms with Crippen LogP contribution in [0.2, 0.25) is 0 Å². The topological polar surface area (TPSA) is 99.2 Å². The number of amidine groups is 1. The van der Waals surface area contributed by atoms with Crippen molar-refractivity contribution < 1.29 is 14.8 Å². The molecule has 0 radical (unpaired) electrons. The molecule has 0 bridgehead atoms. The lowest BCUT2D eigenvalue weighted by Gasteiger charge is -2.35. The normalized spacial score (nSPS) is 19.1. The monoisotopic (exact) mass is 242 g/mol. The van der Waals surface area contributed by atoms with Gasteiger partial charge >= 0.3 is 0 Å². The maximum Gasteiger partial charge on any atom is 0.233 e. The first kappa shape index (κ1) is 13.3. The maximum absolute atomic E-state index is 11.9. The summed E-state index contributed by atoms with van der Waals surface area (Å²) >= 11 is 0. The van der Waals surface area contributed by atoms with Gasteiger partial charge in [-0.1, -0.05) is 5.16 Å². The van der Waals surface area contributed by atoms with Crippen molar-refractivity contribution in [3.05, 3.63) is 0 Å². The Balaban J connectivity index is 2.54. The van der Waals surface area contributed by atoms with E-state index in [1.807, 2.05) is 0 Å². The van der Waals surface area contributed by atoms with Crippen LogP contribution in [0.4, 0.5) is 0 Å². The SMILES string of the molecule is CC(=O)N1CCN(C(=O)C(C)/C(N)=N/O)CC1. The van der Waals surface area contributed by atoms with Crippen LogP contribution in [0.15, 0.2) is 5.16 Å². The van der Waals surface area contributed by atoms with Crippen molar-refractivity contribution in [2.45, 2.75) is 13.8 Å². The zero-order valence-electron chi connectivity index (χ0n) is 10.1. The molecule has 1 heterocycles. The average molecular weight is 242 g/mol. The maximum atomic E-state index is 11.9. The van der Waals surface area contributed by atoms with Crippen molar-refractivity contribution in [1.29, 1.82) is 0 Å². The summed E-state index contributed by atoms with van der Waals surface area (Å²) in [6.45, 7) is 5.14. The molecule has 0 aliphatic carbocycles. The summed E-state index contributed by atoms with van der Waals surface area (Å²) in [6, 6.07) is 0. The molecule has 96 valence electrons. The lowest BCUT2D eigenvalue weighted by atomic mass is 10.1. The van der Waals surface area contributed by atoms with E-state index in [-0.39, 0.29) is 17.6 Å². The Morgan fingerprint density at radius 2 is 1.71 bits per heavy atom. The molecule has 1 fully saturated rings.